The largest absolute Gasteiger partial charge is 0.490 e. The Kier molecular flexibility index (Phi) is 5.78. The molecular formula is C17H12F4N2O4. The molecule has 0 bridgehead atoms. The number of carboxylic acid groups (broad SMARTS) is 2. The number of nitrogens with zero attached hydrogens (tertiary/aromatic N) is 2. The van der Waals surface area contributed by atoms with Gasteiger partial charge in [-0.1, -0.05) is 24.3 Å². The second kappa shape index (κ2) is 7.85. The maximum Gasteiger partial charge on any atom is 0.490 e. The highest BCUT2D eigenvalue weighted by Gasteiger charge is 2.38. The van der Waals surface area contributed by atoms with Gasteiger partial charge < -0.3 is 14.8 Å². The van der Waals surface area contributed by atoms with Crippen molar-refractivity contribution in [3.8, 4) is 0 Å². The van der Waals surface area contributed by atoms with Crippen molar-refractivity contribution in [3.05, 3.63) is 65.9 Å². The van der Waals surface area contributed by atoms with Crippen molar-refractivity contribution in [2.75, 3.05) is 0 Å². The van der Waals surface area contributed by atoms with Crippen LogP contribution in [0.25, 0.3) is 10.9 Å². The molecule has 0 unspecified atom stereocenters. The highest BCUT2D eigenvalue weighted by molar-refractivity contribution is 5.94. The Labute approximate surface area is 149 Å². The molecule has 0 saturated heterocycles. The number of aromatic carboxylic acids is 1. The van der Waals surface area contributed by atoms with Crippen LogP contribution in [0.5, 0.6) is 0 Å². The van der Waals surface area contributed by atoms with Crippen LogP contribution in [0, 0.1) is 5.95 Å². The van der Waals surface area contributed by atoms with Crippen LogP contribution in [-0.4, -0.2) is 37.9 Å². The van der Waals surface area contributed by atoms with Crippen LogP contribution in [-0.2, 0) is 11.3 Å². The lowest BCUT2D eigenvalue weighted by molar-refractivity contribution is -0.192. The molecule has 142 valence electrons. The fraction of sp³-hybridized carbons (Fsp3) is 0.118. The van der Waals surface area contributed by atoms with E-state index in [1.54, 1.807) is 22.8 Å². The number of benzene rings is 1. The molecule has 0 radical (unpaired) electrons. The molecular weight excluding hydrogens is 372 g/mol. The lowest BCUT2D eigenvalue weighted by Gasteiger charge is -2.08. The number of aliphatic carboxylic acids is 1. The summed E-state index contributed by atoms with van der Waals surface area (Å²) in [6.45, 7) is 0.134. The van der Waals surface area contributed by atoms with E-state index in [0.717, 1.165) is 10.9 Å². The van der Waals surface area contributed by atoms with Gasteiger partial charge in [-0.15, -0.1) is 0 Å². The van der Waals surface area contributed by atoms with E-state index >= 15 is 0 Å². The first-order valence-electron chi connectivity index (χ1n) is 7.32. The molecule has 0 fully saturated rings. The number of rotatable bonds is 3. The highest BCUT2D eigenvalue weighted by Crippen LogP contribution is 2.21. The molecule has 10 heteroatoms. The Morgan fingerprint density at radius 1 is 1.07 bits per heavy atom. The quantitative estimate of drug-likeness (QED) is 0.532. The topological polar surface area (TPSA) is 92.4 Å². The smallest absolute Gasteiger partial charge is 0.477 e. The number of carboxylic acids is 2. The van der Waals surface area contributed by atoms with Crippen molar-refractivity contribution in [1.82, 2.24) is 9.55 Å². The molecule has 2 aromatic heterocycles. The minimum atomic E-state index is -5.08. The first-order chi connectivity index (χ1) is 12.6. The normalized spacial score (nSPS) is 11.0. The van der Waals surface area contributed by atoms with Gasteiger partial charge in [-0.2, -0.15) is 17.6 Å². The summed E-state index contributed by atoms with van der Waals surface area (Å²) >= 11 is 0. The second-order valence-corrected chi connectivity index (χ2v) is 5.24. The first-order valence-corrected chi connectivity index (χ1v) is 7.32. The van der Waals surface area contributed by atoms with E-state index < -0.39 is 24.1 Å². The zero-order chi connectivity index (χ0) is 20.2. The zero-order valence-corrected chi connectivity index (χ0v) is 13.4. The fourth-order valence-corrected chi connectivity index (χ4v) is 2.27. The molecule has 2 N–H and O–H groups in total. The molecule has 0 amide bonds. The summed E-state index contributed by atoms with van der Waals surface area (Å²) in [5, 5.41) is 17.2. The van der Waals surface area contributed by atoms with Gasteiger partial charge in [-0.3, -0.25) is 0 Å². The SMILES string of the molecule is O=C(O)C(F)(F)F.O=C(O)c1cc2ccccc2n1Cc1cccnc1F. The third kappa shape index (κ3) is 4.81. The van der Waals surface area contributed by atoms with Gasteiger partial charge in [-0.05, 0) is 18.2 Å². The third-order valence-electron chi connectivity index (χ3n) is 3.44. The van der Waals surface area contributed by atoms with Gasteiger partial charge in [0.15, 0.2) is 0 Å². The molecule has 0 spiro atoms. The van der Waals surface area contributed by atoms with E-state index in [1.807, 2.05) is 24.3 Å². The van der Waals surface area contributed by atoms with Crippen molar-refractivity contribution < 1.29 is 37.4 Å². The van der Waals surface area contributed by atoms with Crippen LogP contribution in [0.2, 0.25) is 0 Å². The first kappa shape index (κ1) is 19.9. The maximum absolute atomic E-state index is 13.6. The molecule has 6 nitrogen and oxygen atoms in total. The number of para-hydroxylation sites is 1. The number of alkyl halides is 3. The van der Waals surface area contributed by atoms with Gasteiger partial charge >= 0.3 is 18.1 Å². The Morgan fingerprint density at radius 3 is 2.26 bits per heavy atom. The minimum Gasteiger partial charge on any atom is -0.477 e. The molecule has 3 rings (SSSR count). The van der Waals surface area contributed by atoms with Crippen LogP contribution >= 0.6 is 0 Å². The number of halogens is 4. The van der Waals surface area contributed by atoms with E-state index in [-0.39, 0.29) is 12.2 Å². The number of hydrogen-bond donors (Lipinski definition) is 2. The van der Waals surface area contributed by atoms with Crippen LogP contribution < -0.4 is 0 Å². The number of carbonyl (C=O) groups is 2. The predicted molar refractivity (Wildman–Crippen MR) is 85.9 cm³/mol. The zero-order valence-electron chi connectivity index (χ0n) is 13.4. The fourth-order valence-electron chi connectivity index (χ4n) is 2.27. The van der Waals surface area contributed by atoms with E-state index in [0.29, 0.717) is 5.56 Å². The predicted octanol–water partition coefficient (Wildman–Crippen LogP) is 3.56. The van der Waals surface area contributed by atoms with Crippen molar-refractivity contribution in [3.63, 3.8) is 0 Å². The lowest BCUT2D eigenvalue weighted by Crippen LogP contribution is -2.21. The van der Waals surface area contributed by atoms with Crippen LogP contribution in [0.4, 0.5) is 17.6 Å². The molecule has 0 aliphatic carbocycles. The summed E-state index contributed by atoms with van der Waals surface area (Å²) in [5.41, 5.74) is 1.25. The van der Waals surface area contributed by atoms with E-state index in [4.69, 9.17) is 9.90 Å². The average molecular weight is 384 g/mol. The summed E-state index contributed by atoms with van der Waals surface area (Å²) < 4.78 is 47.0. The molecule has 1 aromatic carbocycles. The molecule has 2 heterocycles. The number of fused-ring (bicyclic) bond motifs is 1. The Balaban J connectivity index is 0.000000321. The summed E-state index contributed by atoms with van der Waals surface area (Å²) in [6.07, 6.45) is -3.72. The Hall–Kier alpha value is -3.43. The summed E-state index contributed by atoms with van der Waals surface area (Å²) in [5.74, 6) is -4.38. The van der Waals surface area contributed by atoms with Gasteiger partial charge in [0.2, 0.25) is 5.95 Å². The average Bonchev–Trinajstić information content (AvgIpc) is 2.96. The van der Waals surface area contributed by atoms with Gasteiger partial charge in [0.05, 0.1) is 6.54 Å². The summed E-state index contributed by atoms with van der Waals surface area (Å²) in [7, 11) is 0. The molecule has 0 aliphatic heterocycles. The lowest BCUT2D eigenvalue weighted by atomic mass is 10.2. The molecule has 0 atom stereocenters. The van der Waals surface area contributed by atoms with E-state index in [1.165, 1.54) is 6.20 Å². The monoisotopic (exact) mass is 384 g/mol. The second-order valence-electron chi connectivity index (χ2n) is 5.24. The van der Waals surface area contributed by atoms with Crippen molar-refractivity contribution in [2.24, 2.45) is 0 Å². The minimum absolute atomic E-state index is 0.134. The van der Waals surface area contributed by atoms with Crippen LogP contribution in [0.3, 0.4) is 0 Å². The van der Waals surface area contributed by atoms with Gasteiger partial charge in [0.1, 0.15) is 5.69 Å². The Bertz CT molecular complexity index is 982. The van der Waals surface area contributed by atoms with Crippen molar-refractivity contribution in [1.29, 1.82) is 0 Å². The maximum atomic E-state index is 13.6. The standard InChI is InChI=1S/C15H11FN2O2.C2HF3O2/c16-14-11(5-3-7-17-14)9-18-12-6-2-1-4-10(12)8-13(18)15(19)20;3-2(4,5)1(6)7/h1-8H,9H2,(H,19,20);(H,6,7). The summed E-state index contributed by atoms with van der Waals surface area (Å²) in [4.78, 5) is 23.8. The number of pyridine rings is 1. The van der Waals surface area contributed by atoms with Crippen molar-refractivity contribution >= 4 is 22.8 Å². The van der Waals surface area contributed by atoms with Gasteiger partial charge in [0, 0.05) is 22.7 Å². The molecule has 3 aromatic rings. The number of hydrogen-bond acceptors (Lipinski definition) is 3. The van der Waals surface area contributed by atoms with E-state index in [2.05, 4.69) is 4.98 Å². The van der Waals surface area contributed by atoms with Gasteiger partial charge in [0.25, 0.3) is 0 Å². The highest BCUT2D eigenvalue weighted by atomic mass is 19.4. The number of aromatic nitrogens is 2. The van der Waals surface area contributed by atoms with E-state index in [9.17, 15) is 27.5 Å². The molecule has 0 saturated carbocycles. The van der Waals surface area contributed by atoms with Crippen LogP contribution in [0.15, 0.2) is 48.7 Å². The summed E-state index contributed by atoms with van der Waals surface area (Å²) in [6, 6.07) is 12.1. The molecule has 0 aliphatic rings. The Morgan fingerprint density at radius 2 is 1.70 bits per heavy atom. The third-order valence-corrected chi connectivity index (χ3v) is 3.44. The van der Waals surface area contributed by atoms with Crippen LogP contribution in [0.1, 0.15) is 16.1 Å². The van der Waals surface area contributed by atoms with Crippen molar-refractivity contribution in [2.45, 2.75) is 12.7 Å². The van der Waals surface area contributed by atoms with Gasteiger partial charge in [-0.25, -0.2) is 14.6 Å². The molecule has 27 heavy (non-hydrogen) atoms.